The summed E-state index contributed by atoms with van der Waals surface area (Å²) in [7, 11) is 0. The predicted octanol–water partition coefficient (Wildman–Crippen LogP) is 2.80. The average molecular weight is 294 g/mol. The molecule has 0 saturated carbocycles. The van der Waals surface area contributed by atoms with Crippen molar-refractivity contribution in [2.75, 3.05) is 19.6 Å². The number of hydrogen-bond acceptors (Lipinski definition) is 2. The Kier molecular flexibility index (Phi) is 5.46. The molecule has 1 fully saturated rings. The number of carbonyl (C=O) groups is 1. The van der Waals surface area contributed by atoms with Gasteiger partial charge in [-0.2, -0.15) is 13.2 Å². The molecule has 2 atom stereocenters. The minimum absolute atomic E-state index is 0.0705. The van der Waals surface area contributed by atoms with E-state index in [0.29, 0.717) is 19.4 Å². The monoisotopic (exact) mass is 294 g/mol. The summed E-state index contributed by atoms with van der Waals surface area (Å²) in [5.74, 6) is -2.01. The van der Waals surface area contributed by atoms with Gasteiger partial charge in [-0.15, -0.1) is 0 Å². The van der Waals surface area contributed by atoms with E-state index in [1.807, 2.05) is 20.8 Å². The van der Waals surface area contributed by atoms with Crippen LogP contribution in [-0.4, -0.2) is 36.6 Å². The van der Waals surface area contributed by atoms with Crippen molar-refractivity contribution in [3.8, 4) is 0 Å². The molecule has 1 heterocycles. The Bertz CT molecular complexity index is 336. The minimum Gasteiger partial charge on any atom is -0.342 e. The van der Waals surface area contributed by atoms with Crippen LogP contribution in [0.1, 0.15) is 40.0 Å². The van der Waals surface area contributed by atoms with E-state index in [0.717, 1.165) is 0 Å². The Balaban J connectivity index is 2.70. The summed E-state index contributed by atoms with van der Waals surface area (Å²) in [6.07, 6.45) is -3.11. The van der Waals surface area contributed by atoms with E-state index in [4.69, 9.17) is 5.73 Å². The molecular weight excluding hydrogens is 269 g/mol. The first kappa shape index (κ1) is 17.3. The number of rotatable bonds is 3. The minimum atomic E-state index is -4.22. The van der Waals surface area contributed by atoms with E-state index in [9.17, 15) is 18.0 Å². The molecule has 20 heavy (non-hydrogen) atoms. The van der Waals surface area contributed by atoms with Crippen LogP contribution in [0, 0.1) is 17.3 Å². The van der Waals surface area contributed by atoms with Gasteiger partial charge in [0.2, 0.25) is 5.91 Å². The van der Waals surface area contributed by atoms with E-state index in [1.54, 1.807) is 0 Å². The van der Waals surface area contributed by atoms with Gasteiger partial charge in [0.15, 0.2) is 0 Å². The summed E-state index contributed by atoms with van der Waals surface area (Å²) in [5, 5.41) is 0. The summed E-state index contributed by atoms with van der Waals surface area (Å²) in [5.41, 5.74) is 5.57. The highest BCUT2D eigenvalue weighted by atomic mass is 19.4. The van der Waals surface area contributed by atoms with Crippen molar-refractivity contribution >= 4 is 5.91 Å². The van der Waals surface area contributed by atoms with Crippen molar-refractivity contribution in [2.24, 2.45) is 23.0 Å². The first-order chi connectivity index (χ1) is 9.04. The van der Waals surface area contributed by atoms with E-state index in [2.05, 4.69) is 0 Å². The largest absolute Gasteiger partial charge is 0.393 e. The predicted molar refractivity (Wildman–Crippen MR) is 72.0 cm³/mol. The molecular formula is C14H25F3N2O. The molecule has 0 aromatic rings. The molecule has 0 radical (unpaired) electrons. The highest BCUT2D eigenvalue weighted by molar-refractivity contribution is 5.79. The summed E-state index contributed by atoms with van der Waals surface area (Å²) < 4.78 is 38.3. The second-order valence-corrected chi connectivity index (χ2v) is 6.86. The SMILES string of the molecule is CC(C)(C)CC(CN)C(=O)N1CCCC(C(F)(F)F)C1. The normalized spacial score (nSPS) is 22.8. The van der Waals surface area contributed by atoms with Crippen LogP contribution in [0.15, 0.2) is 0 Å². The van der Waals surface area contributed by atoms with Crippen LogP contribution >= 0.6 is 0 Å². The van der Waals surface area contributed by atoms with Crippen molar-refractivity contribution in [3.63, 3.8) is 0 Å². The van der Waals surface area contributed by atoms with E-state index < -0.39 is 12.1 Å². The number of likely N-dealkylation sites (tertiary alicyclic amines) is 1. The highest BCUT2D eigenvalue weighted by Crippen LogP contribution is 2.34. The summed E-state index contributed by atoms with van der Waals surface area (Å²) >= 11 is 0. The number of amides is 1. The lowest BCUT2D eigenvalue weighted by Gasteiger charge is -2.36. The Morgan fingerprint density at radius 1 is 1.35 bits per heavy atom. The molecule has 0 aromatic carbocycles. The summed E-state index contributed by atoms with van der Waals surface area (Å²) in [6, 6.07) is 0. The zero-order valence-corrected chi connectivity index (χ0v) is 12.5. The van der Waals surface area contributed by atoms with Crippen LogP contribution in [0.2, 0.25) is 0 Å². The molecule has 1 rings (SSSR count). The first-order valence-electron chi connectivity index (χ1n) is 7.10. The third kappa shape index (κ3) is 4.96. The number of hydrogen-bond donors (Lipinski definition) is 1. The van der Waals surface area contributed by atoms with Gasteiger partial charge in [-0.1, -0.05) is 20.8 Å². The van der Waals surface area contributed by atoms with Crippen LogP contribution in [0.3, 0.4) is 0 Å². The maximum atomic E-state index is 12.8. The fourth-order valence-electron chi connectivity index (χ4n) is 2.71. The topological polar surface area (TPSA) is 46.3 Å². The molecule has 1 saturated heterocycles. The smallest absolute Gasteiger partial charge is 0.342 e. The van der Waals surface area contributed by atoms with Gasteiger partial charge in [0.05, 0.1) is 11.8 Å². The maximum Gasteiger partial charge on any atom is 0.393 e. The Labute approximate surface area is 118 Å². The Morgan fingerprint density at radius 3 is 2.40 bits per heavy atom. The third-order valence-electron chi connectivity index (χ3n) is 3.69. The van der Waals surface area contributed by atoms with Crippen LogP contribution in [0.5, 0.6) is 0 Å². The van der Waals surface area contributed by atoms with E-state index in [-0.39, 0.29) is 36.8 Å². The summed E-state index contributed by atoms with van der Waals surface area (Å²) in [6.45, 7) is 6.37. The standard InChI is InChI=1S/C14H25F3N2O/c1-13(2,3)7-10(8-18)12(20)19-6-4-5-11(9-19)14(15,16)17/h10-11H,4-9,18H2,1-3H3. The van der Waals surface area contributed by atoms with Crippen molar-refractivity contribution in [3.05, 3.63) is 0 Å². The van der Waals surface area contributed by atoms with Gasteiger partial charge in [0, 0.05) is 19.6 Å². The van der Waals surface area contributed by atoms with Gasteiger partial charge < -0.3 is 10.6 Å². The number of nitrogens with zero attached hydrogens (tertiary/aromatic N) is 1. The van der Waals surface area contributed by atoms with Gasteiger partial charge >= 0.3 is 6.18 Å². The van der Waals surface area contributed by atoms with Crippen LogP contribution in [0.4, 0.5) is 13.2 Å². The van der Waals surface area contributed by atoms with Gasteiger partial charge in [-0.05, 0) is 24.7 Å². The number of nitrogens with two attached hydrogens (primary N) is 1. The molecule has 2 N–H and O–H groups in total. The van der Waals surface area contributed by atoms with Crippen LogP contribution in [-0.2, 0) is 4.79 Å². The second-order valence-electron chi connectivity index (χ2n) is 6.86. The van der Waals surface area contributed by atoms with Crippen molar-refractivity contribution in [2.45, 2.75) is 46.2 Å². The van der Waals surface area contributed by atoms with Gasteiger partial charge in [-0.3, -0.25) is 4.79 Å². The summed E-state index contributed by atoms with van der Waals surface area (Å²) in [4.78, 5) is 13.7. The zero-order chi connectivity index (χ0) is 15.6. The lowest BCUT2D eigenvalue weighted by molar-refractivity contribution is -0.188. The highest BCUT2D eigenvalue weighted by Gasteiger charge is 2.43. The quantitative estimate of drug-likeness (QED) is 0.870. The van der Waals surface area contributed by atoms with Crippen molar-refractivity contribution in [1.82, 2.24) is 4.90 Å². The molecule has 3 nitrogen and oxygen atoms in total. The van der Waals surface area contributed by atoms with Crippen LogP contribution < -0.4 is 5.73 Å². The molecule has 1 aliphatic heterocycles. The second kappa shape index (κ2) is 6.33. The molecule has 1 amide bonds. The zero-order valence-electron chi connectivity index (χ0n) is 12.5. The van der Waals surface area contributed by atoms with E-state index >= 15 is 0 Å². The van der Waals surface area contributed by atoms with Crippen molar-refractivity contribution in [1.29, 1.82) is 0 Å². The number of carbonyl (C=O) groups excluding carboxylic acids is 1. The van der Waals surface area contributed by atoms with Gasteiger partial charge in [0.1, 0.15) is 0 Å². The molecule has 1 aliphatic rings. The molecule has 118 valence electrons. The first-order valence-corrected chi connectivity index (χ1v) is 7.10. The number of halogens is 3. The van der Waals surface area contributed by atoms with Crippen LogP contribution in [0.25, 0.3) is 0 Å². The lowest BCUT2D eigenvalue weighted by Crippen LogP contribution is -2.48. The molecule has 0 spiro atoms. The lowest BCUT2D eigenvalue weighted by atomic mass is 9.83. The average Bonchev–Trinajstić information content (AvgIpc) is 2.33. The fourth-order valence-corrected chi connectivity index (χ4v) is 2.71. The number of alkyl halides is 3. The molecule has 0 aliphatic carbocycles. The Hall–Kier alpha value is -0.780. The number of piperidine rings is 1. The molecule has 0 aromatic heterocycles. The van der Waals surface area contributed by atoms with E-state index in [1.165, 1.54) is 4.90 Å². The molecule has 0 bridgehead atoms. The van der Waals surface area contributed by atoms with Gasteiger partial charge in [-0.25, -0.2) is 0 Å². The molecule has 6 heteroatoms. The molecule has 2 unspecified atom stereocenters. The Morgan fingerprint density at radius 2 is 1.95 bits per heavy atom. The van der Waals surface area contributed by atoms with Gasteiger partial charge in [0.25, 0.3) is 0 Å². The fraction of sp³-hybridized carbons (Fsp3) is 0.929. The van der Waals surface area contributed by atoms with Crippen molar-refractivity contribution < 1.29 is 18.0 Å². The third-order valence-corrected chi connectivity index (χ3v) is 3.69. The maximum absolute atomic E-state index is 12.8.